The van der Waals surface area contributed by atoms with Gasteiger partial charge >= 0.3 is 6.09 Å². The van der Waals surface area contributed by atoms with Crippen molar-refractivity contribution < 1.29 is 9.53 Å². The molecule has 0 saturated heterocycles. The number of amides is 1. The van der Waals surface area contributed by atoms with E-state index in [9.17, 15) is 4.79 Å². The number of rotatable bonds is 3. The van der Waals surface area contributed by atoms with Gasteiger partial charge in [0.1, 0.15) is 12.9 Å². The Kier molecular flexibility index (Phi) is 4.01. The van der Waals surface area contributed by atoms with Crippen LogP contribution in [-0.2, 0) is 11.3 Å². The summed E-state index contributed by atoms with van der Waals surface area (Å²) >= 11 is 3.39. The molecular weight excluding hydrogens is 350 g/mol. The summed E-state index contributed by atoms with van der Waals surface area (Å²) in [5, 5.41) is 6.82. The van der Waals surface area contributed by atoms with E-state index in [-0.39, 0.29) is 12.6 Å². The van der Waals surface area contributed by atoms with E-state index in [0.717, 1.165) is 15.7 Å². The molecule has 112 valence electrons. The van der Waals surface area contributed by atoms with Gasteiger partial charge in [-0.2, -0.15) is 9.61 Å². The van der Waals surface area contributed by atoms with Gasteiger partial charge in [0.25, 0.3) is 0 Å². The summed E-state index contributed by atoms with van der Waals surface area (Å²) in [6.07, 6.45) is 0.752. The van der Waals surface area contributed by atoms with Gasteiger partial charge in [-0.1, -0.05) is 30.3 Å². The predicted molar refractivity (Wildman–Crippen MR) is 83.5 cm³/mol. The summed E-state index contributed by atoms with van der Waals surface area (Å²) in [6.45, 7) is 2.01. The quantitative estimate of drug-likeness (QED) is 0.775. The van der Waals surface area contributed by atoms with E-state index in [4.69, 9.17) is 4.74 Å². The first kappa shape index (κ1) is 14.5. The molecule has 0 radical (unpaired) electrons. The van der Waals surface area contributed by atoms with Crippen molar-refractivity contribution in [3.8, 4) is 0 Å². The molecule has 0 spiro atoms. The Labute approximate surface area is 134 Å². The summed E-state index contributed by atoms with van der Waals surface area (Å²) in [6, 6.07) is 9.43. The highest BCUT2D eigenvalue weighted by Crippen LogP contribution is 2.21. The number of carbonyl (C=O) groups is 1. The van der Waals surface area contributed by atoms with E-state index in [0.29, 0.717) is 5.65 Å². The zero-order valence-corrected chi connectivity index (χ0v) is 13.2. The molecule has 0 unspecified atom stereocenters. The molecule has 0 bridgehead atoms. The minimum absolute atomic E-state index is 0.183. The first-order chi connectivity index (χ1) is 10.6. The van der Waals surface area contributed by atoms with Gasteiger partial charge in [-0.15, -0.1) is 0 Å². The highest BCUT2D eigenvalue weighted by Gasteiger charge is 2.14. The second-order valence-electron chi connectivity index (χ2n) is 4.52. The summed E-state index contributed by atoms with van der Waals surface area (Å²) < 4.78 is 7.36. The largest absolute Gasteiger partial charge is 0.444 e. The maximum atomic E-state index is 11.9. The molecule has 3 rings (SSSR count). The van der Waals surface area contributed by atoms with Gasteiger partial charge in [0.2, 0.25) is 5.95 Å². The molecule has 2 heterocycles. The van der Waals surface area contributed by atoms with Gasteiger partial charge < -0.3 is 4.74 Å². The van der Waals surface area contributed by atoms with Crippen molar-refractivity contribution in [3.63, 3.8) is 0 Å². The lowest BCUT2D eigenvalue weighted by Gasteiger charge is -2.07. The van der Waals surface area contributed by atoms with Crippen LogP contribution in [0.15, 0.2) is 41.1 Å². The lowest BCUT2D eigenvalue weighted by Crippen LogP contribution is -2.17. The topological polar surface area (TPSA) is 81.4 Å². The van der Waals surface area contributed by atoms with Crippen LogP contribution < -0.4 is 5.32 Å². The number of carbonyl (C=O) groups excluding carboxylic acids is 1. The SMILES string of the molecule is Cc1nn2c(NC(=O)OCc3ccccc3)ncnc2c1Br. The van der Waals surface area contributed by atoms with Crippen LogP contribution >= 0.6 is 15.9 Å². The monoisotopic (exact) mass is 361 g/mol. The van der Waals surface area contributed by atoms with E-state index < -0.39 is 6.09 Å². The van der Waals surface area contributed by atoms with Crippen molar-refractivity contribution in [1.29, 1.82) is 0 Å². The third kappa shape index (κ3) is 2.91. The fourth-order valence-electron chi connectivity index (χ4n) is 1.88. The van der Waals surface area contributed by atoms with Gasteiger partial charge in [0.15, 0.2) is 5.65 Å². The Bertz CT molecular complexity index is 819. The van der Waals surface area contributed by atoms with E-state index in [1.54, 1.807) is 0 Å². The molecule has 0 aliphatic heterocycles. The van der Waals surface area contributed by atoms with Crippen LogP contribution in [-0.4, -0.2) is 25.7 Å². The minimum atomic E-state index is -0.604. The van der Waals surface area contributed by atoms with Gasteiger partial charge in [-0.3, -0.25) is 5.32 Å². The molecule has 7 nitrogen and oxygen atoms in total. The Balaban J connectivity index is 1.73. The number of halogens is 1. The van der Waals surface area contributed by atoms with Crippen molar-refractivity contribution >= 4 is 33.6 Å². The second kappa shape index (κ2) is 6.10. The lowest BCUT2D eigenvalue weighted by molar-refractivity contribution is 0.155. The van der Waals surface area contributed by atoms with E-state index in [2.05, 4.69) is 36.3 Å². The standard InChI is InChI=1S/C14H12BrN5O2/c1-9-11(15)12-16-8-17-13(20(12)19-9)18-14(21)22-7-10-5-3-2-4-6-10/h2-6,8H,7H2,1H3,(H,16,17,18,21). The van der Waals surface area contributed by atoms with Crippen LogP contribution in [0.3, 0.4) is 0 Å². The maximum Gasteiger partial charge on any atom is 0.414 e. The average Bonchev–Trinajstić information content (AvgIpc) is 2.83. The maximum absolute atomic E-state index is 11.9. The summed E-state index contributed by atoms with van der Waals surface area (Å²) in [7, 11) is 0. The van der Waals surface area contributed by atoms with Gasteiger partial charge in [0.05, 0.1) is 10.2 Å². The van der Waals surface area contributed by atoms with Crippen LogP contribution in [0.4, 0.5) is 10.7 Å². The molecule has 0 atom stereocenters. The first-order valence-corrected chi connectivity index (χ1v) is 7.28. The molecule has 22 heavy (non-hydrogen) atoms. The molecule has 1 amide bonds. The molecule has 8 heteroatoms. The average molecular weight is 362 g/mol. The Morgan fingerprint density at radius 1 is 1.32 bits per heavy atom. The normalized spacial score (nSPS) is 10.6. The number of aromatic nitrogens is 4. The number of hydrogen-bond acceptors (Lipinski definition) is 5. The molecule has 1 N–H and O–H groups in total. The number of benzene rings is 1. The Hall–Kier alpha value is -2.48. The van der Waals surface area contributed by atoms with E-state index in [1.807, 2.05) is 37.3 Å². The number of anilines is 1. The molecular formula is C14H12BrN5O2. The second-order valence-corrected chi connectivity index (χ2v) is 5.31. The zero-order valence-electron chi connectivity index (χ0n) is 11.7. The molecule has 3 aromatic rings. The Morgan fingerprint density at radius 2 is 2.09 bits per heavy atom. The highest BCUT2D eigenvalue weighted by atomic mass is 79.9. The van der Waals surface area contributed by atoms with Crippen molar-refractivity contribution in [2.75, 3.05) is 5.32 Å². The molecule has 0 aliphatic rings. The van der Waals surface area contributed by atoms with Crippen LogP contribution in [0.5, 0.6) is 0 Å². The Morgan fingerprint density at radius 3 is 2.86 bits per heavy atom. The summed E-state index contributed by atoms with van der Waals surface area (Å²) in [5.74, 6) is 0.247. The van der Waals surface area contributed by atoms with Gasteiger partial charge in [-0.05, 0) is 28.4 Å². The number of nitrogens with zero attached hydrogens (tertiary/aromatic N) is 4. The van der Waals surface area contributed by atoms with E-state index in [1.165, 1.54) is 10.8 Å². The molecule has 2 aromatic heterocycles. The van der Waals surface area contributed by atoms with E-state index >= 15 is 0 Å². The molecule has 0 saturated carbocycles. The van der Waals surface area contributed by atoms with Gasteiger partial charge in [0, 0.05) is 0 Å². The van der Waals surface area contributed by atoms with Crippen molar-refractivity contribution in [2.24, 2.45) is 0 Å². The number of nitrogens with one attached hydrogen (secondary N) is 1. The van der Waals surface area contributed by atoms with Crippen molar-refractivity contribution in [2.45, 2.75) is 13.5 Å². The summed E-state index contributed by atoms with van der Waals surface area (Å²) in [4.78, 5) is 20.0. The van der Waals surface area contributed by atoms with Crippen LogP contribution in [0.25, 0.3) is 5.65 Å². The predicted octanol–water partition coefficient (Wildman–Crippen LogP) is 2.94. The van der Waals surface area contributed by atoms with Crippen LogP contribution in [0.2, 0.25) is 0 Å². The number of ether oxygens (including phenoxy) is 1. The van der Waals surface area contributed by atoms with Crippen LogP contribution in [0, 0.1) is 6.92 Å². The zero-order chi connectivity index (χ0) is 15.5. The fourth-order valence-corrected chi connectivity index (χ4v) is 2.23. The lowest BCUT2D eigenvalue weighted by atomic mass is 10.2. The highest BCUT2D eigenvalue weighted by molar-refractivity contribution is 9.10. The number of hydrogen-bond donors (Lipinski definition) is 1. The third-order valence-corrected chi connectivity index (χ3v) is 3.88. The minimum Gasteiger partial charge on any atom is -0.444 e. The van der Waals surface area contributed by atoms with Crippen LogP contribution in [0.1, 0.15) is 11.3 Å². The fraction of sp³-hybridized carbons (Fsp3) is 0.143. The number of aryl methyl sites for hydroxylation is 1. The van der Waals surface area contributed by atoms with Crippen molar-refractivity contribution in [3.05, 3.63) is 52.4 Å². The first-order valence-electron chi connectivity index (χ1n) is 6.48. The number of fused-ring (bicyclic) bond motifs is 1. The molecule has 0 fully saturated rings. The molecule has 1 aromatic carbocycles. The third-order valence-electron chi connectivity index (χ3n) is 2.95. The smallest absolute Gasteiger partial charge is 0.414 e. The van der Waals surface area contributed by atoms with Gasteiger partial charge in [-0.25, -0.2) is 14.8 Å². The molecule has 0 aliphatic carbocycles. The van der Waals surface area contributed by atoms with Crippen molar-refractivity contribution in [1.82, 2.24) is 19.6 Å². The summed E-state index contributed by atoms with van der Waals surface area (Å²) in [5.41, 5.74) is 2.23.